The standard InChI is InChI=1S/C9H6ClIO/c10-8-2-4-9(5-3-8)12-7-1-6-11/h2-5H,7H2. The van der Waals surface area contributed by atoms with Crippen molar-refractivity contribution in [1.29, 1.82) is 0 Å². The lowest BCUT2D eigenvalue weighted by atomic mass is 10.3. The maximum Gasteiger partial charge on any atom is 0.149 e. The summed E-state index contributed by atoms with van der Waals surface area (Å²) in [6.07, 6.45) is 0. The van der Waals surface area contributed by atoms with Crippen LogP contribution in [0.25, 0.3) is 0 Å². The average Bonchev–Trinajstić information content (AvgIpc) is 2.09. The van der Waals surface area contributed by atoms with Crippen molar-refractivity contribution in [2.45, 2.75) is 0 Å². The molecule has 0 aliphatic carbocycles. The molecule has 0 radical (unpaired) electrons. The van der Waals surface area contributed by atoms with Crippen LogP contribution in [0.3, 0.4) is 0 Å². The van der Waals surface area contributed by atoms with E-state index < -0.39 is 0 Å². The molecule has 0 bridgehead atoms. The number of hydrogen-bond acceptors (Lipinski definition) is 1. The number of ether oxygens (including phenoxy) is 1. The summed E-state index contributed by atoms with van der Waals surface area (Å²) in [5, 5.41) is 0.710. The predicted octanol–water partition coefficient (Wildman–Crippen LogP) is 3.11. The van der Waals surface area contributed by atoms with E-state index in [1.165, 1.54) is 0 Å². The lowest BCUT2D eigenvalue weighted by Gasteiger charge is -2.00. The normalized spacial score (nSPS) is 8.50. The second-order valence-corrected chi connectivity index (χ2v) is 2.99. The van der Waals surface area contributed by atoms with Gasteiger partial charge in [-0.25, -0.2) is 0 Å². The van der Waals surface area contributed by atoms with Crippen LogP contribution in [0, 0.1) is 9.85 Å². The minimum absolute atomic E-state index is 0.421. The highest BCUT2D eigenvalue weighted by molar-refractivity contribution is 14.1. The van der Waals surface area contributed by atoms with E-state index in [4.69, 9.17) is 16.3 Å². The molecule has 1 aromatic carbocycles. The Hall–Kier alpha value is -0.400. The fourth-order valence-electron chi connectivity index (χ4n) is 0.678. The van der Waals surface area contributed by atoms with Gasteiger partial charge in [0.05, 0.1) is 0 Å². The number of rotatable bonds is 2. The van der Waals surface area contributed by atoms with Crippen LogP contribution >= 0.6 is 34.2 Å². The molecule has 0 amide bonds. The van der Waals surface area contributed by atoms with Gasteiger partial charge in [0.2, 0.25) is 0 Å². The van der Waals surface area contributed by atoms with E-state index in [0.29, 0.717) is 11.6 Å². The van der Waals surface area contributed by atoms with E-state index in [9.17, 15) is 0 Å². The molecule has 12 heavy (non-hydrogen) atoms. The van der Waals surface area contributed by atoms with E-state index >= 15 is 0 Å². The average molecular weight is 293 g/mol. The predicted molar refractivity (Wildman–Crippen MR) is 58.7 cm³/mol. The zero-order valence-corrected chi connectivity index (χ0v) is 9.09. The van der Waals surface area contributed by atoms with Crippen LogP contribution in [-0.2, 0) is 0 Å². The van der Waals surface area contributed by atoms with Crippen molar-refractivity contribution in [3.8, 4) is 15.6 Å². The van der Waals surface area contributed by atoms with Crippen LogP contribution in [0.1, 0.15) is 0 Å². The molecule has 0 aliphatic rings. The smallest absolute Gasteiger partial charge is 0.149 e. The van der Waals surface area contributed by atoms with Crippen molar-refractivity contribution in [2.24, 2.45) is 0 Å². The molecule has 0 saturated heterocycles. The molecule has 0 aliphatic heterocycles. The van der Waals surface area contributed by atoms with Gasteiger partial charge in [-0.1, -0.05) is 17.5 Å². The summed E-state index contributed by atoms with van der Waals surface area (Å²) in [5.74, 6) is 3.58. The van der Waals surface area contributed by atoms with Gasteiger partial charge in [-0.15, -0.1) is 0 Å². The Kier molecular flexibility index (Phi) is 4.26. The topological polar surface area (TPSA) is 9.23 Å². The Morgan fingerprint density at radius 2 is 2.00 bits per heavy atom. The molecule has 0 atom stereocenters. The maximum absolute atomic E-state index is 5.69. The molecular formula is C9H6ClIO. The van der Waals surface area contributed by atoms with E-state index in [2.05, 4.69) is 9.85 Å². The first kappa shape index (κ1) is 9.69. The summed E-state index contributed by atoms with van der Waals surface area (Å²) in [7, 11) is 0. The minimum Gasteiger partial charge on any atom is -0.481 e. The zero-order valence-electron chi connectivity index (χ0n) is 6.18. The van der Waals surface area contributed by atoms with Crippen LogP contribution < -0.4 is 4.74 Å². The summed E-state index contributed by atoms with van der Waals surface area (Å²) >= 11 is 7.66. The third kappa shape index (κ3) is 3.33. The molecule has 62 valence electrons. The summed E-state index contributed by atoms with van der Waals surface area (Å²) in [6, 6.07) is 7.21. The number of halogens is 2. The van der Waals surface area contributed by atoms with E-state index in [0.717, 1.165) is 5.75 Å². The highest BCUT2D eigenvalue weighted by Crippen LogP contribution is 2.14. The van der Waals surface area contributed by atoms with Crippen molar-refractivity contribution in [3.63, 3.8) is 0 Å². The molecule has 1 rings (SSSR count). The Morgan fingerprint density at radius 3 is 2.58 bits per heavy atom. The Labute approximate surface area is 90.2 Å². The lowest BCUT2D eigenvalue weighted by Crippen LogP contribution is -1.92. The van der Waals surface area contributed by atoms with E-state index in [1.54, 1.807) is 12.1 Å². The van der Waals surface area contributed by atoms with Gasteiger partial charge in [-0.3, -0.25) is 0 Å². The summed E-state index contributed by atoms with van der Waals surface area (Å²) in [5.41, 5.74) is 0. The van der Waals surface area contributed by atoms with Gasteiger partial charge in [0.15, 0.2) is 0 Å². The van der Waals surface area contributed by atoms with E-state index in [1.807, 2.05) is 34.7 Å². The van der Waals surface area contributed by atoms with Crippen molar-refractivity contribution >= 4 is 34.2 Å². The molecular weight excluding hydrogens is 286 g/mol. The minimum atomic E-state index is 0.421. The zero-order chi connectivity index (χ0) is 8.81. The van der Waals surface area contributed by atoms with Gasteiger partial charge in [0.1, 0.15) is 12.4 Å². The largest absolute Gasteiger partial charge is 0.481 e. The second kappa shape index (κ2) is 5.28. The van der Waals surface area contributed by atoms with E-state index in [-0.39, 0.29) is 0 Å². The second-order valence-electron chi connectivity index (χ2n) is 2.01. The molecule has 0 fully saturated rings. The molecule has 0 spiro atoms. The highest BCUT2D eigenvalue weighted by Gasteiger charge is 1.90. The van der Waals surface area contributed by atoms with Crippen LogP contribution in [0.2, 0.25) is 5.02 Å². The van der Waals surface area contributed by atoms with Crippen LogP contribution in [0.15, 0.2) is 24.3 Å². The van der Waals surface area contributed by atoms with Crippen molar-refractivity contribution in [3.05, 3.63) is 29.3 Å². The molecule has 0 N–H and O–H groups in total. The number of hydrogen-bond donors (Lipinski definition) is 0. The summed E-state index contributed by atoms with van der Waals surface area (Å²) < 4.78 is 7.98. The van der Waals surface area contributed by atoms with Gasteiger partial charge < -0.3 is 4.74 Å². The fraction of sp³-hybridized carbons (Fsp3) is 0.111. The fourth-order valence-corrected chi connectivity index (χ4v) is 0.959. The summed E-state index contributed by atoms with van der Waals surface area (Å²) in [4.78, 5) is 0. The maximum atomic E-state index is 5.69. The Bertz CT molecular complexity index is 297. The number of benzene rings is 1. The third-order valence-corrected chi connectivity index (χ3v) is 1.82. The molecule has 1 aromatic rings. The first-order chi connectivity index (χ1) is 5.83. The van der Waals surface area contributed by atoms with Gasteiger partial charge in [0.25, 0.3) is 0 Å². The molecule has 3 heteroatoms. The molecule has 0 unspecified atom stereocenters. The first-order valence-corrected chi connectivity index (χ1v) is 4.75. The first-order valence-electron chi connectivity index (χ1n) is 3.30. The van der Waals surface area contributed by atoms with Gasteiger partial charge in [-0.2, -0.15) is 0 Å². The lowest BCUT2D eigenvalue weighted by molar-refractivity contribution is 0.370. The Balaban J connectivity index is 2.51. The highest BCUT2D eigenvalue weighted by atomic mass is 127. The van der Waals surface area contributed by atoms with Crippen LogP contribution in [0.5, 0.6) is 5.75 Å². The van der Waals surface area contributed by atoms with Crippen LogP contribution in [0.4, 0.5) is 0 Å². The molecule has 0 aromatic heterocycles. The van der Waals surface area contributed by atoms with Crippen molar-refractivity contribution in [2.75, 3.05) is 6.61 Å². The quantitative estimate of drug-likeness (QED) is 0.601. The monoisotopic (exact) mass is 292 g/mol. The molecule has 1 nitrogen and oxygen atoms in total. The van der Waals surface area contributed by atoms with Gasteiger partial charge in [0, 0.05) is 27.6 Å². The van der Waals surface area contributed by atoms with Crippen LogP contribution in [-0.4, -0.2) is 6.61 Å². The van der Waals surface area contributed by atoms with Gasteiger partial charge in [-0.05, 0) is 28.2 Å². The SMILES string of the molecule is Clc1ccc(OCC#CI)cc1. The molecule has 0 saturated carbocycles. The Morgan fingerprint density at radius 1 is 1.33 bits per heavy atom. The summed E-state index contributed by atoms with van der Waals surface area (Å²) in [6.45, 7) is 0.421. The van der Waals surface area contributed by atoms with Gasteiger partial charge >= 0.3 is 0 Å². The van der Waals surface area contributed by atoms with Crippen molar-refractivity contribution < 1.29 is 4.74 Å². The van der Waals surface area contributed by atoms with Crippen molar-refractivity contribution in [1.82, 2.24) is 0 Å². The third-order valence-electron chi connectivity index (χ3n) is 1.19. The molecule has 0 heterocycles.